The number of aliphatic carboxylic acids is 1. The first-order chi connectivity index (χ1) is 14.5. The molecule has 10 nitrogen and oxygen atoms in total. The first-order valence-electron chi connectivity index (χ1n) is 9.62. The van der Waals surface area contributed by atoms with Crippen molar-refractivity contribution in [1.29, 1.82) is 0 Å². The van der Waals surface area contributed by atoms with Crippen LogP contribution < -0.4 is 5.11 Å². The molecule has 2 aromatic rings. The van der Waals surface area contributed by atoms with E-state index in [4.69, 9.17) is 5.11 Å². The van der Waals surface area contributed by atoms with E-state index in [1.807, 2.05) is 42.7 Å². The molecule has 0 bridgehead atoms. The fraction of sp³-hybridized carbons (Fsp3) is 0.333. The van der Waals surface area contributed by atoms with Crippen LogP contribution >= 0.6 is 0 Å². The van der Waals surface area contributed by atoms with Crippen LogP contribution in [0.2, 0.25) is 0 Å². The van der Waals surface area contributed by atoms with Gasteiger partial charge in [0.05, 0.1) is 21.3 Å². The molecule has 1 N–H and O–H groups in total. The lowest BCUT2D eigenvalue weighted by atomic mass is 9.79. The van der Waals surface area contributed by atoms with Crippen molar-refractivity contribution in [2.75, 3.05) is 6.54 Å². The van der Waals surface area contributed by atoms with Crippen molar-refractivity contribution in [3.8, 4) is 5.75 Å². The molecule has 0 saturated carbocycles. The van der Waals surface area contributed by atoms with Crippen LogP contribution in [-0.4, -0.2) is 37.8 Å². The lowest BCUT2D eigenvalue weighted by Crippen LogP contribution is -2.30. The van der Waals surface area contributed by atoms with Gasteiger partial charge < -0.3 is 10.2 Å². The van der Waals surface area contributed by atoms with Crippen LogP contribution in [0.15, 0.2) is 36.4 Å². The minimum atomic E-state index is -0.947. The average Bonchev–Trinajstić information content (AvgIpc) is 2.91. The predicted molar refractivity (Wildman–Crippen MR) is 109 cm³/mol. The number of para-hydroxylation sites is 1. The zero-order valence-electron chi connectivity index (χ0n) is 17.0. The Morgan fingerprint density at radius 3 is 2.39 bits per heavy atom. The Balaban J connectivity index is 2.02. The Bertz CT molecular complexity index is 1120. The summed E-state index contributed by atoms with van der Waals surface area (Å²) in [5, 5.41) is 44.0. The highest BCUT2D eigenvalue weighted by Crippen LogP contribution is 2.41. The number of nitrogens with zero attached hydrogens (tertiary/aromatic N) is 3. The van der Waals surface area contributed by atoms with E-state index in [2.05, 4.69) is 0 Å². The largest absolute Gasteiger partial charge is 0.868 e. The summed E-state index contributed by atoms with van der Waals surface area (Å²) in [4.78, 5) is 31.8. The van der Waals surface area contributed by atoms with Crippen LogP contribution in [0.3, 0.4) is 0 Å². The molecule has 0 fully saturated rings. The molecule has 0 saturated heterocycles. The van der Waals surface area contributed by atoms with E-state index in [-0.39, 0.29) is 31.4 Å². The summed E-state index contributed by atoms with van der Waals surface area (Å²) in [6, 6.07) is 9.33. The zero-order valence-corrected chi connectivity index (χ0v) is 17.0. The second-order valence-corrected chi connectivity index (χ2v) is 7.85. The quantitative estimate of drug-likeness (QED) is 0.386. The molecular weight excluding hydrogens is 406 g/mol. The van der Waals surface area contributed by atoms with Gasteiger partial charge in [0.2, 0.25) is 5.69 Å². The number of aryl methyl sites for hydroxylation is 1. The topological polar surface area (TPSA) is 150 Å². The summed E-state index contributed by atoms with van der Waals surface area (Å²) in [7, 11) is 0. The number of nitro benzene ring substituents is 2. The molecule has 2 aromatic carbocycles. The van der Waals surface area contributed by atoms with Crippen LogP contribution in [-0.2, 0) is 16.6 Å². The predicted octanol–water partition coefficient (Wildman–Crippen LogP) is 3.06. The molecule has 10 heteroatoms. The minimum absolute atomic E-state index is 0.0154. The SMILES string of the molecule is CC1(C)C(CCc2cc([N+](=O)[O-])cc([N+](=O)[O-])c2[O-])=[N+](CCC(=O)O)c2ccccc21. The molecular formula is C21H21N3O7. The first-order valence-corrected chi connectivity index (χ1v) is 9.62. The number of benzene rings is 2. The van der Waals surface area contributed by atoms with Crippen molar-refractivity contribution in [3.05, 3.63) is 67.8 Å². The van der Waals surface area contributed by atoms with E-state index in [1.54, 1.807) is 0 Å². The summed E-state index contributed by atoms with van der Waals surface area (Å²) in [6.07, 6.45) is 0.246. The van der Waals surface area contributed by atoms with Crippen LogP contribution in [0, 0.1) is 20.2 Å². The van der Waals surface area contributed by atoms with Crippen molar-refractivity contribution >= 4 is 28.7 Å². The third kappa shape index (κ3) is 4.09. The molecule has 0 aliphatic carbocycles. The van der Waals surface area contributed by atoms with Crippen molar-refractivity contribution in [2.45, 2.75) is 38.5 Å². The van der Waals surface area contributed by atoms with E-state index >= 15 is 0 Å². The van der Waals surface area contributed by atoms with Gasteiger partial charge in [0.1, 0.15) is 6.42 Å². The maximum absolute atomic E-state index is 12.5. The van der Waals surface area contributed by atoms with Gasteiger partial charge >= 0.3 is 5.97 Å². The Morgan fingerprint density at radius 1 is 1.10 bits per heavy atom. The van der Waals surface area contributed by atoms with Gasteiger partial charge in [-0.1, -0.05) is 18.2 Å². The van der Waals surface area contributed by atoms with E-state index < -0.39 is 38.4 Å². The van der Waals surface area contributed by atoms with Gasteiger partial charge in [-0.15, -0.1) is 0 Å². The monoisotopic (exact) mass is 427 g/mol. The van der Waals surface area contributed by atoms with Crippen molar-refractivity contribution < 1.29 is 29.4 Å². The number of hydrogen-bond donors (Lipinski definition) is 1. The van der Waals surface area contributed by atoms with Crippen molar-refractivity contribution in [1.82, 2.24) is 0 Å². The Kier molecular flexibility index (Phi) is 5.74. The molecule has 1 aliphatic rings. The van der Waals surface area contributed by atoms with Gasteiger partial charge in [0.15, 0.2) is 12.3 Å². The van der Waals surface area contributed by atoms with Gasteiger partial charge in [-0.2, -0.15) is 4.58 Å². The van der Waals surface area contributed by atoms with Gasteiger partial charge in [-0.3, -0.25) is 25.0 Å². The molecule has 0 atom stereocenters. The lowest BCUT2D eigenvalue weighted by molar-refractivity contribution is -0.438. The standard InChI is InChI=1S/C21H21N3O7/c1-21(2)15-5-3-4-6-16(15)22(10-9-19(25)26)18(21)8-7-13-11-14(23(28)29)12-17(20(13)27)24(30)31/h3-6,11-12H,7-10H2,1-2H3,(H-,25,26,27). The Morgan fingerprint density at radius 2 is 1.77 bits per heavy atom. The normalized spacial score (nSPS) is 14.4. The number of carboxylic acid groups (broad SMARTS) is 1. The average molecular weight is 427 g/mol. The maximum atomic E-state index is 12.5. The second kappa shape index (κ2) is 8.13. The zero-order chi connectivity index (χ0) is 22.9. The van der Waals surface area contributed by atoms with E-state index in [0.29, 0.717) is 6.07 Å². The molecule has 0 amide bonds. The summed E-state index contributed by atoms with van der Waals surface area (Å²) in [5.74, 6) is -1.79. The highest BCUT2D eigenvalue weighted by Gasteiger charge is 2.44. The third-order valence-electron chi connectivity index (χ3n) is 5.63. The number of hydrogen-bond acceptors (Lipinski definition) is 6. The number of carbonyl (C=O) groups is 1. The fourth-order valence-corrected chi connectivity index (χ4v) is 4.12. The number of fused-ring (bicyclic) bond motifs is 1. The Hall–Kier alpha value is -3.82. The molecule has 0 aromatic heterocycles. The van der Waals surface area contributed by atoms with Crippen molar-refractivity contribution in [2.24, 2.45) is 0 Å². The van der Waals surface area contributed by atoms with Crippen LogP contribution in [0.5, 0.6) is 5.75 Å². The van der Waals surface area contributed by atoms with E-state index in [1.165, 1.54) is 0 Å². The minimum Gasteiger partial charge on any atom is -0.868 e. The van der Waals surface area contributed by atoms with Gasteiger partial charge in [-0.05, 0) is 31.6 Å². The molecule has 162 valence electrons. The number of rotatable bonds is 8. The van der Waals surface area contributed by atoms with E-state index in [0.717, 1.165) is 23.0 Å². The summed E-state index contributed by atoms with van der Waals surface area (Å²) in [6.45, 7) is 4.19. The van der Waals surface area contributed by atoms with Crippen LogP contribution in [0.4, 0.5) is 17.1 Å². The fourth-order valence-electron chi connectivity index (χ4n) is 4.12. The molecule has 3 rings (SSSR count). The smallest absolute Gasteiger partial charge is 0.309 e. The maximum Gasteiger partial charge on any atom is 0.309 e. The highest BCUT2D eigenvalue weighted by molar-refractivity contribution is 5.95. The van der Waals surface area contributed by atoms with Crippen LogP contribution in [0.25, 0.3) is 0 Å². The van der Waals surface area contributed by atoms with Crippen molar-refractivity contribution in [3.63, 3.8) is 0 Å². The van der Waals surface area contributed by atoms with Crippen LogP contribution in [0.1, 0.15) is 37.8 Å². The summed E-state index contributed by atoms with van der Waals surface area (Å²) in [5.41, 5.74) is 0.903. The van der Waals surface area contributed by atoms with Gasteiger partial charge in [0.25, 0.3) is 11.4 Å². The molecule has 31 heavy (non-hydrogen) atoms. The number of non-ortho nitro benzene ring substituents is 1. The number of carboxylic acids is 1. The highest BCUT2D eigenvalue weighted by atomic mass is 16.6. The molecule has 1 heterocycles. The number of nitro groups is 2. The molecule has 0 radical (unpaired) electrons. The summed E-state index contributed by atoms with van der Waals surface area (Å²) < 4.78 is 1.90. The third-order valence-corrected chi connectivity index (χ3v) is 5.63. The molecule has 1 aliphatic heterocycles. The van der Waals surface area contributed by atoms with Gasteiger partial charge in [0, 0.05) is 24.1 Å². The Labute approximate surface area is 177 Å². The lowest BCUT2D eigenvalue weighted by Gasteiger charge is -2.19. The van der Waals surface area contributed by atoms with E-state index in [9.17, 15) is 30.1 Å². The van der Waals surface area contributed by atoms with Gasteiger partial charge in [-0.25, -0.2) is 0 Å². The molecule has 0 spiro atoms. The molecule has 0 unspecified atom stereocenters. The first kappa shape index (κ1) is 21.9. The summed E-state index contributed by atoms with van der Waals surface area (Å²) >= 11 is 0. The second-order valence-electron chi connectivity index (χ2n) is 7.85.